The number of imidazole rings is 2. The maximum Gasteiger partial charge on any atom is 0.332 e. The predicted octanol–water partition coefficient (Wildman–Crippen LogP) is 9.31. The molecule has 0 radical (unpaired) electrons. The fourth-order valence-electron chi connectivity index (χ4n) is 7.48. The van der Waals surface area contributed by atoms with Crippen LogP contribution in [0.1, 0.15) is 72.7 Å². The van der Waals surface area contributed by atoms with Crippen molar-refractivity contribution in [1.82, 2.24) is 37.4 Å². The summed E-state index contributed by atoms with van der Waals surface area (Å²) < 4.78 is 22.1. The summed E-state index contributed by atoms with van der Waals surface area (Å²) in [6.07, 6.45) is 2.11. The molecular weight excluding hydrogens is 1060 g/mol. The lowest BCUT2D eigenvalue weighted by Crippen LogP contribution is -2.37. The first-order valence-electron chi connectivity index (χ1n) is 21.7. The number of ether oxygens (including phenoxy) is 2. The van der Waals surface area contributed by atoms with E-state index in [1.807, 2.05) is 68.4 Å². The van der Waals surface area contributed by atoms with Gasteiger partial charge in [0.1, 0.15) is 11.5 Å². The lowest BCUT2D eigenvalue weighted by molar-refractivity contribution is 0.0981. The number of ketones is 1. The van der Waals surface area contributed by atoms with Crippen molar-refractivity contribution >= 4 is 83.2 Å². The molecular formula is C49H50Br2Cl2N8O8. The van der Waals surface area contributed by atoms with Crippen LogP contribution in [0, 0.1) is 0 Å². The minimum absolute atomic E-state index is 0.0295. The van der Waals surface area contributed by atoms with Gasteiger partial charge in [-0.3, -0.25) is 41.8 Å². The number of aromatic nitrogens is 8. The van der Waals surface area contributed by atoms with E-state index in [0.717, 1.165) is 47.6 Å². The van der Waals surface area contributed by atoms with E-state index in [2.05, 4.69) is 41.8 Å². The van der Waals surface area contributed by atoms with Crippen LogP contribution in [0.5, 0.6) is 23.5 Å². The number of rotatable bonds is 14. The van der Waals surface area contributed by atoms with E-state index in [-0.39, 0.29) is 45.5 Å². The van der Waals surface area contributed by atoms with Crippen LogP contribution in [0.2, 0.25) is 0 Å². The zero-order valence-corrected chi connectivity index (χ0v) is 43.3. The minimum atomic E-state index is -0.591. The Balaban J connectivity index is 0.000000215. The van der Waals surface area contributed by atoms with Crippen LogP contribution in [0.3, 0.4) is 0 Å². The number of hydrogen-bond donors (Lipinski definition) is 1. The van der Waals surface area contributed by atoms with E-state index in [9.17, 15) is 29.1 Å². The molecule has 8 rings (SSSR count). The standard InChI is InChI=1S/C24H25BrN4O4.C24H23BrN4O4.CH2Cl2/c2*1-4-7-19(30)16-9-6-11-18(13-16)33-23-26-21-20(22(31)28(3)24(32)27(21)2)29(23)14-15-8-5-10-17(25)12-15;2-1-3/h5-6,8-13,19,30H,4,7,14H2,1-3H3;5-6,8-13H,4,7,14H2,1-3H3;1H2. The highest BCUT2D eigenvalue weighted by atomic mass is 79.9. The molecule has 0 saturated heterocycles. The van der Waals surface area contributed by atoms with Crippen molar-refractivity contribution in [2.24, 2.45) is 28.2 Å². The fourth-order valence-corrected chi connectivity index (χ4v) is 8.37. The van der Waals surface area contributed by atoms with Crippen LogP contribution >= 0.6 is 55.1 Å². The van der Waals surface area contributed by atoms with Crippen molar-refractivity contribution in [1.29, 1.82) is 0 Å². The number of aliphatic hydroxyl groups excluding tert-OH is 1. The summed E-state index contributed by atoms with van der Waals surface area (Å²) in [5, 5.41) is 10.6. The number of Topliss-reactive ketones (excluding diaryl/α,β-unsaturated/α-hetero) is 1. The smallest absolute Gasteiger partial charge is 0.332 e. The SMILES string of the molecule is CCCC(=O)c1cccc(Oc2nc3c(c(=O)n(C)c(=O)n3C)n2Cc2cccc(Br)c2)c1.CCCC(O)c1cccc(Oc2nc3c(c(=O)n(C)c(=O)n3C)n2Cc2cccc(Br)c2)c1.ClCCl. The third-order valence-corrected chi connectivity index (χ3v) is 11.9. The summed E-state index contributed by atoms with van der Waals surface area (Å²) in [6.45, 7) is 4.58. The average Bonchev–Trinajstić information content (AvgIpc) is 3.86. The van der Waals surface area contributed by atoms with Gasteiger partial charge in [-0.15, -0.1) is 23.2 Å². The second-order valence-corrected chi connectivity index (χ2v) is 18.5. The molecule has 0 spiro atoms. The van der Waals surface area contributed by atoms with Gasteiger partial charge in [0, 0.05) is 49.1 Å². The Labute approximate surface area is 423 Å². The molecule has 20 heteroatoms. The first-order valence-corrected chi connectivity index (χ1v) is 24.4. The van der Waals surface area contributed by atoms with Gasteiger partial charge in [0.25, 0.3) is 11.1 Å². The number of fused-ring (bicyclic) bond motifs is 2. The second kappa shape index (κ2) is 23.5. The molecule has 4 aromatic heterocycles. The third-order valence-electron chi connectivity index (χ3n) is 10.9. The monoisotopic (exact) mass is 1110 g/mol. The van der Waals surface area contributed by atoms with E-state index in [1.165, 1.54) is 23.2 Å². The Kier molecular flexibility index (Phi) is 17.8. The van der Waals surface area contributed by atoms with Gasteiger partial charge in [-0.1, -0.05) is 101 Å². The highest BCUT2D eigenvalue weighted by Crippen LogP contribution is 2.30. The number of aliphatic hydroxyl groups is 1. The van der Waals surface area contributed by atoms with Gasteiger partial charge in [-0.05, 0) is 78.1 Å². The summed E-state index contributed by atoms with van der Waals surface area (Å²) in [5.41, 5.74) is 2.29. The van der Waals surface area contributed by atoms with Gasteiger partial charge in [-0.25, -0.2) is 9.59 Å². The normalized spacial score (nSPS) is 11.5. The summed E-state index contributed by atoms with van der Waals surface area (Å²) in [5.74, 6) is 0.932. The molecule has 0 aliphatic rings. The van der Waals surface area contributed by atoms with Gasteiger partial charge in [0.15, 0.2) is 28.1 Å². The number of alkyl halides is 2. The van der Waals surface area contributed by atoms with Crippen molar-refractivity contribution < 1.29 is 19.4 Å². The number of carbonyl (C=O) groups is 1. The number of aryl methyl sites for hydroxylation is 2. The van der Waals surface area contributed by atoms with E-state index in [1.54, 1.807) is 65.7 Å². The Morgan fingerprint density at radius 3 is 1.54 bits per heavy atom. The van der Waals surface area contributed by atoms with Crippen LogP contribution in [-0.4, -0.2) is 53.6 Å². The number of nitrogens with zero attached hydrogens (tertiary/aromatic N) is 8. The highest BCUT2D eigenvalue weighted by Gasteiger charge is 2.23. The molecule has 16 nitrogen and oxygen atoms in total. The largest absolute Gasteiger partial charge is 0.425 e. The Hall–Kier alpha value is -6.05. The van der Waals surface area contributed by atoms with Gasteiger partial charge >= 0.3 is 23.4 Å². The number of carbonyl (C=O) groups excluding carboxylic acids is 1. The number of hydrogen-bond acceptors (Lipinski definition) is 10. The first-order chi connectivity index (χ1) is 33.0. The Morgan fingerprint density at radius 1 is 0.638 bits per heavy atom. The molecule has 362 valence electrons. The molecule has 4 heterocycles. The molecule has 1 N–H and O–H groups in total. The topological polar surface area (TPSA) is 179 Å². The van der Waals surface area contributed by atoms with Crippen molar-refractivity contribution in [2.45, 2.75) is 58.7 Å². The lowest BCUT2D eigenvalue weighted by atomic mass is 10.1. The van der Waals surface area contributed by atoms with E-state index in [4.69, 9.17) is 32.7 Å². The van der Waals surface area contributed by atoms with Crippen molar-refractivity contribution in [2.75, 3.05) is 5.34 Å². The first kappa shape index (κ1) is 52.3. The predicted molar refractivity (Wildman–Crippen MR) is 276 cm³/mol. The van der Waals surface area contributed by atoms with Gasteiger partial charge < -0.3 is 14.6 Å². The van der Waals surface area contributed by atoms with Crippen LogP contribution in [-0.2, 0) is 41.3 Å². The van der Waals surface area contributed by atoms with Crippen molar-refractivity contribution in [3.63, 3.8) is 0 Å². The number of halogens is 4. The molecule has 8 aromatic rings. The highest BCUT2D eigenvalue weighted by molar-refractivity contribution is 9.10. The van der Waals surface area contributed by atoms with Crippen LogP contribution in [0.25, 0.3) is 22.3 Å². The fraction of sp³-hybridized carbons (Fsp3) is 0.286. The number of benzene rings is 4. The summed E-state index contributed by atoms with van der Waals surface area (Å²) in [6, 6.07) is 29.8. The third kappa shape index (κ3) is 12.0. The molecule has 0 amide bonds. The Morgan fingerprint density at radius 2 is 1.09 bits per heavy atom. The maximum absolute atomic E-state index is 13.1. The molecule has 0 fully saturated rings. The van der Waals surface area contributed by atoms with Crippen LogP contribution in [0.4, 0.5) is 0 Å². The zero-order chi connectivity index (χ0) is 50.1. The quantitative estimate of drug-likeness (QED) is 0.0815. The van der Waals surface area contributed by atoms with Crippen LogP contribution < -0.4 is 32.0 Å². The van der Waals surface area contributed by atoms with E-state index >= 15 is 0 Å². The lowest BCUT2D eigenvalue weighted by Gasteiger charge is -2.13. The Bertz CT molecular complexity index is 3400. The van der Waals surface area contributed by atoms with E-state index < -0.39 is 28.6 Å². The molecule has 0 aliphatic carbocycles. The molecule has 0 aliphatic heterocycles. The van der Waals surface area contributed by atoms with Crippen molar-refractivity contribution in [3.8, 4) is 23.5 Å². The molecule has 69 heavy (non-hydrogen) atoms. The molecule has 1 atom stereocenters. The summed E-state index contributed by atoms with van der Waals surface area (Å²) in [4.78, 5) is 72.4. The second-order valence-electron chi connectivity index (χ2n) is 15.9. The molecule has 0 saturated carbocycles. The van der Waals surface area contributed by atoms with Crippen molar-refractivity contribution in [3.05, 3.63) is 170 Å². The van der Waals surface area contributed by atoms with E-state index in [0.29, 0.717) is 43.0 Å². The summed E-state index contributed by atoms with van der Waals surface area (Å²) >= 11 is 16.5. The zero-order valence-electron chi connectivity index (χ0n) is 38.7. The average molecular weight is 1110 g/mol. The van der Waals surface area contributed by atoms with Crippen LogP contribution in [0.15, 0.2) is 125 Å². The van der Waals surface area contributed by atoms with Gasteiger partial charge in [0.05, 0.1) is 24.5 Å². The summed E-state index contributed by atoms with van der Waals surface area (Å²) in [7, 11) is 6.02. The van der Waals surface area contributed by atoms with Gasteiger partial charge in [0.2, 0.25) is 0 Å². The molecule has 4 aromatic carbocycles. The minimum Gasteiger partial charge on any atom is -0.425 e. The molecule has 1 unspecified atom stereocenters. The maximum atomic E-state index is 13.1. The van der Waals surface area contributed by atoms with Gasteiger partial charge in [-0.2, -0.15) is 9.97 Å². The molecule has 0 bridgehead atoms.